The number of hydrogen-bond donors (Lipinski definition) is 4. The molecule has 4 rings (SSSR count). The predicted octanol–water partition coefficient (Wildman–Crippen LogP) is 3.63. The largest absolute Gasteiger partial charge is 0.508 e. The van der Waals surface area contributed by atoms with Gasteiger partial charge in [-0.3, -0.25) is 24.8 Å². The van der Waals surface area contributed by atoms with Gasteiger partial charge in [-0.2, -0.15) is 0 Å². The number of thioether (sulfide) groups is 1. The van der Waals surface area contributed by atoms with Gasteiger partial charge in [-0.25, -0.2) is 0 Å². The van der Waals surface area contributed by atoms with Crippen LogP contribution in [-0.2, 0) is 17.9 Å². The molecule has 2 aliphatic rings. The summed E-state index contributed by atoms with van der Waals surface area (Å²) in [5, 5.41) is 36.1. The molecule has 42 heavy (non-hydrogen) atoms. The SMILES string of the molecule is C=N/C(C)=C(\SC)c1ccc(CNC(C)(O)[C@@H]2C[C@@H](O)CN2C(=O)[C@H](C(C)C)N2CC(=O)c3ccccc3C2)c(O)c1. The van der Waals surface area contributed by atoms with Crippen LogP contribution in [0.3, 0.4) is 0 Å². The maximum atomic E-state index is 14.1. The van der Waals surface area contributed by atoms with Crippen LogP contribution >= 0.6 is 11.8 Å². The molecule has 0 spiro atoms. The first-order chi connectivity index (χ1) is 19.9. The number of aliphatic hydroxyl groups excluding tert-OH is 1. The molecule has 9 nitrogen and oxygen atoms in total. The van der Waals surface area contributed by atoms with E-state index in [4.69, 9.17) is 0 Å². The van der Waals surface area contributed by atoms with Gasteiger partial charge in [0.15, 0.2) is 5.78 Å². The number of ketones is 1. The highest BCUT2D eigenvalue weighted by Crippen LogP contribution is 2.34. The van der Waals surface area contributed by atoms with Crippen LogP contribution in [0.5, 0.6) is 5.75 Å². The summed E-state index contributed by atoms with van der Waals surface area (Å²) in [4.78, 5) is 35.4. The maximum Gasteiger partial charge on any atom is 0.240 e. The number of aliphatic hydroxyl groups is 2. The molecule has 2 aromatic carbocycles. The van der Waals surface area contributed by atoms with Gasteiger partial charge in [0.1, 0.15) is 11.5 Å². The molecule has 2 aliphatic heterocycles. The number of likely N-dealkylation sites (tertiary alicyclic amines) is 1. The highest BCUT2D eigenvalue weighted by molar-refractivity contribution is 8.07. The summed E-state index contributed by atoms with van der Waals surface area (Å²) in [6.45, 7) is 11.7. The van der Waals surface area contributed by atoms with E-state index in [9.17, 15) is 24.9 Å². The number of phenols is 1. The maximum absolute atomic E-state index is 14.1. The number of carbonyl (C=O) groups excluding carboxylic acids is 2. The number of phenolic OH excluding ortho intramolecular Hbond substituents is 1. The molecule has 4 atom stereocenters. The third-order valence-electron chi connectivity index (χ3n) is 8.28. The van der Waals surface area contributed by atoms with Crippen molar-refractivity contribution >= 4 is 35.1 Å². The molecule has 2 aromatic rings. The van der Waals surface area contributed by atoms with Crippen molar-refractivity contribution in [2.45, 2.75) is 71.1 Å². The second-order valence-corrected chi connectivity index (χ2v) is 12.5. The Morgan fingerprint density at radius 2 is 1.95 bits per heavy atom. The number of fused-ring (bicyclic) bond motifs is 1. The quantitative estimate of drug-likeness (QED) is 0.243. The van der Waals surface area contributed by atoms with Crippen molar-refractivity contribution in [2.24, 2.45) is 10.9 Å². The van der Waals surface area contributed by atoms with E-state index in [1.54, 1.807) is 24.0 Å². The number of β-amino-alcohol motifs (C(OH)–C–C–N with tert-alkyl or cyclic N) is 1. The minimum Gasteiger partial charge on any atom is -0.508 e. The number of Topliss-reactive ketones (excluding diaryl/α,β-unsaturated/α-hetero) is 1. The zero-order chi connectivity index (χ0) is 30.8. The molecule has 0 saturated carbocycles. The van der Waals surface area contributed by atoms with Crippen molar-refractivity contribution in [1.82, 2.24) is 15.1 Å². The van der Waals surface area contributed by atoms with Crippen molar-refractivity contribution in [1.29, 1.82) is 0 Å². The van der Waals surface area contributed by atoms with Gasteiger partial charge in [0, 0.05) is 35.7 Å². The molecule has 1 amide bonds. The van der Waals surface area contributed by atoms with Gasteiger partial charge in [-0.15, -0.1) is 11.8 Å². The number of aromatic hydroxyl groups is 1. The number of benzene rings is 2. The highest BCUT2D eigenvalue weighted by Gasteiger charge is 2.48. The zero-order valence-corrected chi connectivity index (χ0v) is 25.8. The molecular formula is C32H42N4O5S. The number of hydrogen-bond acceptors (Lipinski definition) is 9. The summed E-state index contributed by atoms with van der Waals surface area (Å²) in [5.74, 6) is -0.296. The molecule has 4 N–H and O–H groups in total. The molecule has 0 aliphatic carbocycles. The van der Waals surface area contributed by atoms with Crippen molar-refractivity contribution in [3.8, 4) is 5.75 Å². The van der Waals surface area contributed by atoms with E-state index in [0.717, 1.165) is 21.7 Å². The Bertz CT molecular complexity index is 1370. The third kappa shape index (κ3) is 6.63. The summed E-state index contributed by atoms with van der Waals surface area (Å²) in [6.07, 6.45) is 1.33. The Balaban J connectivity index is 1.52. The molecule has 0 aromatic heterocycles. The van der Waals surface area contributed by atoms with E-state index in [0.29, 0.717) is 17.7 Å². The second-order valence-electron chi connectivity index (χ2n) is 11.7. The first-order valence-electron chi connectivity index (χ1n) is 14.2. The number of allylic oxidation sites excluding steroid dienone is 1. The van der Waals surface area contributed by atoms with Gasteiger partial charge in [-0.1, -0.05) is 50.2 Å². The summed E-state index contributed by atoms with van der Waals surface area (Å²) in [7, 11) is 0. The van der Waals surface area contributed by atoms with Crippen LogP contribution in [0, 0.1) is 5.92 Å². The average molecular weight is 595 g/mol. The first kappa shape index (κ1) is 31.9. The summed E-state index contributed by atoms with van der Waals surface area (Å²) in [6, 6.07) is 11.5. The van der Waals surface area contributed by atoms with Crippen LogP contribution in [0.4, 0.5) is 0 Å². The highest BCUT2D eigenvalue weighted by atomic mass is 32.2. The van der Waals surface area contributed by atoms with Crippen LogP contribution in [0.1, 0.15) is 61.2 Å². The molecule has 10 heteroatoms. The lowest BCUT2D eigenvalue weighted by Gasteiger charge is -2.42. The molecule has 1 unspecified atom stereocenters. The fourth-order valence-electron chi connectivity index (χ4n) is 6.09. The summed E-state index contributed by atoms with van der Waals surface area (Å²) in [5.41, 5.74) is 2.16. The molecule has 2 heterocycles. The van der Waals surface area contributed by atoms with E-state index in [-0.39, 0.29) is 49.4 Å². The molecule has 1 fully saturated rings. The number of nitrogens with zero attached hydrogens (tertiary/aromatic N) is 3. The molecule has 226 valence electrons. The van der Waals surface area contributed by atoms with Crippen molar-refractivity contribution < 1.29 is 24.9 Å². The third-order valence-corrected chi connectivity index (χ3v) is 9.22. The first-order valence-corrected chi connectivity index (χ1v) is 15.4. The summed E-state index contributed by atoms with van der Waals surface area (Å²) >= 11 is 1.51. The van der Waals surface area contributed by atoms with E-state index >= 15 is 0 Å². The predicted molar refractivity (Wildman–Crippen MR) is 167 cm³/mol. The van der Waals surface area contributed by atoms with Crippen LogP contribution < -0.4 is 5.32 Å². The lowest BCUT2D eigenvalue weighted by atomic mass is 9.93. The molecular weight excluding hydrogens is 552 g/mol. The van der Waals surface area contributed by atoms with E-state index in [1.165, 1.54) is 11.8 Å². The van der Waals surface area contributed by atoms with Crippen LogP contribution in [0.2, 0.25) is 0 Å². The number of aliphatic imine (C=N–C) groups is 1. The van der Waals surface area contributed by atoms with Crippen LogP contribution in [0.15, 0.2) is 53.2 Å². The van der Waals surface area contributed by atoms with Crippen LogP contribution in [0.25, 0.3) is 4.91 Å². The lowest BCUT2D eigenvalue weighted by molar-refractivity contribution is -0.146. The number of nitrogens with one attached hydrogen (secondary N) is 1. The van der Waals surface area contributed by atoms with E-state index < -0.39 is 23.9 Å². The molecule has 0 bridgehead atoms. The average Bonchev–Trinajstić information content (AvgIpc) is 3.35. The zero-order valence-electron chi connectivity index (χ0n) is 25.0. The lowest BCUT2D eigenvalue weighted by Crippen LogP contribution is -2.61. The topological polar surface area (TPSA) is 126 Å². The number of rotatable bonds is 10. The Morgan fingerprint density at radius 3 is 2.60 bits per heavy atom. The van der Waals surface area contributed by atoms with E-state index in [2.05, 4.69) is 17.0 Å². The molecule has 1 saturated heterocycles. The fraction of sp³-hybridized carbons (Fsp3) is 0.469. The Hall–Kier alpha value is -3.02. The van der Waals surface area contributed by atoms with Gasteiger partial charge in [0.2, 0.25) is 5.91 Å². The van der Waals surface area contributed by atoms with Crippen molar-refractivity contribution in [3.05, 3.63) is 70.4 Å². The molecule has 0 radical (unpaired) electrons. The Labute approximate surface area is 252 Å². The minimum atomic E-state index is -1.57. The summed E-state index contributed by atoms with van der Waals surface area (Å²) < 4.78 is 0. The van der Waals surface area contributed by atoms with Crippen molar-refractivity contribution in [3.63, 3.8) is 0 Å². The number of carbonyl (C=O) groups is 2. The fourth-order valence-corrected chi connectivity index (χ4v) is 6.81. The normalized spacial score (nSPS) is 22.0. The smallest absolute Gasteiger partial charge is 0.240 e. The number of amides is 1. The Kier molecular flexibility index (Phi) is 9.95. The van der Waals surface area contributed by atoms with E-state index in [1.807, 2.05) is 62.3 Å². The standard InChI is InChI=1S/C32H42N4O5S/c1-19(2)29(35-16-23-9-7-8-10-25(23)27(39)18-35)31(40)36-17-24(37)14-28(36)32(4,41)34-15-22-12-11-21(13-26(22)38)30(42-6)20(3)33-5/h7-13,19,24,28-29,34,37-38,41H,5,14-18H2,1-4,6H3/b30-20-/t24-,28+,29+,32?/m1/s1. The monoisotopic (exact) mass is 594 g/mol. The van der Waals surface area contributed by atoms with Crippen molar-refractivity contribution in [2.75, 3.05) is 19.3 Å². The van der Waals surface area contributed by atoms with Crippen LogP contribution in [-0.4, -0.2) is 86.8 Å². The van der Waals surface area contributed by atoms with Gasteiger partial charge < -0.3 is 20.2 Å². The van der Waals surface area contributed by atoms with Gasteiger partial charge in [0.05, 0.1) is 30.4 Å². The minimum absolute atomic E-state index is 0.0242. The van der Waals surface area contributed by atoms with Gasteiger partial charge in [0.25, 0.3) is 0 Å². The van der Waals surface area contributed by atoms with Gasteiger partial charge in [-0.05, 0) is 56.4 Å². The second kappa shape index (κ2) is 13.1. The Morgan fingerprint density at radius 1 is 1.24 bits per heavy atom. The van der Waals surface area contributed by atoms with Gasteiger partial charge >= 0.3 is 0 Å².